The van der Waals surface area contributed by atoms with Gasteiger partial charge in [-0.05, 0) is 0 Å². The molecule has 116 valence electrons. The van der Waals surface area contributed by atoms with Crippen molar-refractivity contribution in [3.05, 3.63) is 35.9 Å². The average molecular weight is 298 g/mol. The SMILES string of the molecule is CON(C)CCC(=O)CN(C(=O)O)C(F)c1ccccc1. The molecule has 0 aliphatic carbocycles. The molecule has 1 unspecified atom stereocenters. The Bertz CT molecular complexity index is 469. The lowest BCUT2D eigenvalue weighted by Crippen LogP contribution is -2.37. The van der Waals surface area contributed by atoms with Crippen molar-refractivity contribution in [1.82, 2.24) is 9.96 Å². The molecule has 0 spiro atoms. The van der Waals surface area contributed by atoms with Crippen LogP contribution in [0.2, 0.25) is 0 Å². The zero-order chi connectivity index (χ0) is 15.8. The van der Waals surface area contributed by atoms with E-state index in [1.54, 1.807) is 25.2 Å². The molecule has 1 aromatic rings. The molecule has 0 aliphatic heterocycles. The number of alkyl halides is 1. The summed E-state index contributed by atoms with van der Waals surface area (Å²) in [5.41, 5.74) is 0.196. The van der Waals surface area contributed by atoms with Gasteiger partial charge in [0.05, 0.1) is 13.7 Å². The topological polar surface area (TPSA) is 70.1 Å². The zero-order valence-electron chi connectivity index (χ0n) is 12.0. The predicted octanol–water partition coefficient (Wildman–Crippen LogP) is 2.09. The van der Waals surface area contributed by atoms with Gasteiger partial charge in [-0.25, -0.2) is 9.18 Å². The molecule has 0 bridgehead atoms. The highest BCUT2D eigenvalue weighted by Crippen LogP contribution is 2.22. The Hall–Kier alpha value is -1.99. The van der Waals surface area contributed by atoms with Crippen LogP contribution in [-0.2, 0) is 9.63 Å². The zero-order valence-corrected chi connectivity index (χ0v) is 12.0. The summed E-state index contributed by atoms with van der Waals surface area (Å²) < 4.78 is 14.2. The molecule has 0 aromatic heterocycles. The van der Waals surface area contributed by atoms with E-state index in [1.807, 2.05) is 0 Å². The average Bonchev–Trinajstić information content (AvgIpc) is 2.50. The summed E-state index contributed by atoms with van der Waals surface area (Å²) in [7, 11) is 3.10. The van der Waals surface area contributed by atoms with E-state index in [4.69, 9.17) is 9.94 Å². The summed E-state index contributed by atoms with van der Waals surface area (Å²) in [6.07, 6.45) is -3.26. The van der Waals surface area contributed by atoms with Crippen LogP contribution in [0.3, 0.4) is 0 Å². The number of amides is 1. The molecular weight excluding hydrogens is 279 g/mol. The van der Waals surface area contributed by atoms with E-state index in [9.17, 15) is 14.0 Å². The maximum absolute atomic E-state index is 14.2. The molecule has 0 saturated heterocycles. The van der Waals surface area contributed by atoms with E-state index in [0.717, 1.165) is 0 Å². The lowest BCUT2D eigenvalue weighted by Gasteiger charge is -2.23. The number of benzene rings is 1. The smallest absolute Gasteiger partial charge is 0.410 e. The number of carbonyl (C=O) groups excluding carboxylic acids is 1. The van der Waals surface area contributed by atoms with Crippen molar-refractivity contribution in [2.75, 3.05) is 27.2 Å². The van der Waals surface area contributed by atoms with E-state index in [1.165, 1.54) is 24.3 Å². The molecule has 6 nitrogen and oxygen atoms in total. The second kappa shape index (κ2) is 8.33. The molecule has 0 saturated carbocycles. The molecule has 1 aromatic carbocycles. The lowest BCUT2D eigenvalue weighted by molar-refractivity contribution is -0.130. The van der Waals surface area contributed by atoms with Gasteiger partial charge in [0.25, 0.3) is 0 Å². The van der Waals surface area contributed by atoms with E-state index in [0.29, 0.717) is 11.4 Å². The van der Waals surface area contributed by atoms with Gasteiger partial charge in [0.2, 0.25) is 6.30 Å². The Morgan fingerprint density at radius 3 is 2.48 bits per heavy atom. The van der Waals surface area contributed by atoms with Gasteiger partial charge in [-0.15, -0.1) is 0 Å². The normalized spacial score (nSPS) is 12.2. The summed E-state index contributed by atoms with van der Waals surface area (Å²) in [5, 5.41) is 10.5. The molecule has 1 atom stereocenters. The van der Waals surface area contributed by atoms with Gasteiger partial charge in [0.1, 0.15) is 0 Å². The van der Waals surface area contributed by atoms with E-state index < -0.39 is 18.9 Å². The van der Waals surface area contributed by atoms with Crippen LogP contribution in [0.15, 0.2) is 30.3 Å². The first-order chi connectivity index (χ1) is 9.95. The second-order valence-electron chi connectivity index (χ2n) is 4.48. The number of nitrogens with zero attached hydrogens (tertiary/aromatic N) is 2. The molecule has 0 radical (unpaired) electrons. The van der Waals surface area contributed by atoms with Crippen molar-refractivity contribution >= 4 is 11.9 Å². The van der Waals surface area contributed by atoms with Crippen LogP contribution in [0.1, 0.15) is 18.3 Å². The third kappa shape index (κ3) is 5.49. The van der Waals surface area contributed by atoms with Crippen molar-refractivity contribution in [3.63, 3.8) is 0 Å². The van der Waals surface area contributed by atoms with Crippen molar-refractivity contribution in [3.8, 4) is 0 Å². The number of hydroxylamine groups is 2. The fourth-order valence-electron chi connectivity index (χ4n) is 1.68. The standard InChI is InChI=1S/C14H19FN2O4/c1-16(21-2)9-8-12(18)10-17(14(19)20)13(15)11-6-4-3-5-7-11/h3-7,13H,8-10H2,1-2H3,(H,19,20). The van der Waals surface area contributed by atoms with E-state index >= 15 is 0 Å². The molecular formula is C14H19FN2O4. The highest BCUT2D eigenvalue weighted by molar-refractivity contribution is 5.83. The third-order valence-electron chi connectivity index (χ3n) is 2.96. The van der Waals surface area contributed by atoms with E-state index in [-0.39, 0.29) is 17.8 Å². The van der Waals surface area contributed by atoms with Crippen LogP contribution in [0, 0.1) is 0 Å². The Labute approximate surface area is 122 Å². The summed E-state index contributed by atoms with van der Waals surface area (Å²) in [6, 6.07) is 7.87. The fraction of sp³-hybridized carbons (Fsp3) is 0.429. The second-order valence-corrected chi connectivity index (χ2v) is 4.48. The number of hydrogen-bond donors (Lipinski definition) is 1. The van der Waals surface area contributed by atoms with Crippen LogP contribution in [0.4, 0.5) is 9.18 Å². The van der Waals surface area contributed by atoms with Crippen LogP contribution in [0.25, 0.3) is 0 Å². The summed E-state index contributed by atoms with van der Waals surface area (Å²) in [5.74, 6) is -0.375. The predicted molar refractivity (Wildman–Crippen MR) is 74.3 cm³/mol. The highest BCUT2D eigenvalue weighted by Gasteiger charge is 2.26. The molecule has 0 aliphatic rings. The number of carbonyl (C=O) groups is 2. The maximum Gasteiger partial charge on any atom is 0.410 e. The maximum atomic E-state index is 14.2. The van der Waals surface area contributed by atoms with Gasteiger partial charge in [-0.3, -0.25) is 9.69 Å². The molecule has 0 heterocycles. The number of ketones is 1. The first kappa shape index (κ1) is 17.1. The van der Waals surface area contributed by atoms with E-state index in [2.05, 4.69) is 0 Å². The first-order valence-corrected chi connectivity index (χ1v) is 6.41. The number of rotatable bonds is 8. The van der Waals surface area contributed by atoms with Crippen LogP contribution in [-0.4, -0.2) is 54.2 Å². The van der Waals surface area contributed by atoms with Crippen molar-refractivity contribution in [2.45, 2.75) is 12.7 Å². The Kier molecular flexibility index (Phi) is 6.77. The summed E-state index contributed by atoms with van der Waals surface area (Å²) in [6.45, 7) is -0.186. The van der Waals surface area contributed by atoms with Crippen LogP contribution in [0.5, 0.6) is 0 Å². The van der Waals surface area contributed by atoms with Crippen molar-refractivity contribution in [1.29, 1.82) is 0 Å². The number of carboxylic acid groups (broad SMARTS) is 1. The Morgan fingerprint density at radius 2 is 1.95 bits per heavy atom. The third-order valence-corrected chi connectivity index (χ3v) is 2.96. The molecule has 1 N–H and O–H groups in total. The number of Topliss-reactive ketones (excluding diaryl/α,β-unsaturated/α-hetero) is 1. The quantitative estimate of drug-likeness (QED) is 0.588. The van der Waals surface area contributed by atoms with Gasteiger partial charge < -0.3 is 9.94 Å². The van der Waals surface area contributed by atoms with Gasteiger partial charge >= 0.3 is 6.09 Å². The number of hydrogen-bond acceptors (Lipinski definition) is 4. The van der Waals surface area contributed by atoms with Crippen LogP contribution >= 0.6 is 0 Å². The summed E-state index contributed by atoms with van der Waals surface area (Å²) >= 11 is 0. The molecule has 1 rings (SSSR count). The van der Waals surface area contributed by atoms with Gasteiger partial charge in [-0.1, -0.05) is 30.3 Å². The first-order valence-electron chi connectivity index (χ1n) is 6.41. The molecule has 1 amide bonds. The van der Waals surface area contributed by atoms with Crippen molar-refractivity contribution in [2.24, 2.45) is 0 Å². The van der Waals surface area contributed by atoms with Gasteiger partial charge in [0.15, 0.2) is 5.78 Å². The van der Waals surface area contributed by atoms with Crippen LogP contribution < -0.4 is 0 Å². The minimum atomic E-state index is -1.87. The van der Waals surface area contributed by atoms with Crippen molar-refractivity contribution < 1.29 is 23.9 Å². The van der Waals surface area contributed by atoms with Gasteiger partial charge in [-0.2, -0.15) is 5.06 Å². The highest BCUT2D eigenvalue weighted by atomic mass is 19.1. The Morgan fingerprint density at radius 1 is 1.33 bits per heavy atom. The van der Waals surface area contributed by atoms with Gasteiger partial charge in [0, 0.05) is 25.6 Å². The monoisotopic (exact) mass is 298 g/mol. The lowest BCUT2D eigenvalue weighted by atomic mass is 10.2. The minimum Gasteiger partial charge on any atom is -0.465 e. The summed E-state index contributed by atoms with van der Waals surface area (Å²) in [4.78, 5) is 28.2. The fourth-order valence-corrected chi connectivity index (χ4v) is 1.68. The Balaban J connectivity index is 2.66. The largest absolute Gasteiger partial charge is 0.465 e. The minimum absolute atomic E-state index is 0.0790. The molecule has 7 heteroatoms. The molecule has 21 heavy (non-hydrogen) atoms. The number of halogens is 1. The molecule has 0 fully saturated rings.